The summed E-state index contributed by atoms with van der Waals surface area (Å²) in [6.07, 6.45) is 7.31. The first-order chi connectivity index (χ1) is 48.3. The SMILES string of the molecule is CC(CN(CC(=O)O)CC(=O)O)N(CCN(CC(=O)O)C(C(=O)O)c1ccc(NC(=O)N(S)CCNC(=O)c2ccc(-c3c4nc(c(-c5ccc(C(=O)O)cc5)c5ccc([nH]5)c(-c5ccc(C(=O)O)cc5)c5nc(c(-c6ccc(C(=O)O)cc6)c6ccc3[nH]6)C=C5)C=C4)cc2)cc1)CC(=O)O. The van der Waals surface area contributed by atoms with Crippen LogP contribution in [0.25, 0.3) is 90.9 Å². The van der Waals surface area contributed by atoms with Gasteiger partial charge in [0.1, 0.15) is 6.04 Å². The number of H-pyrrole nitrogens is 2. The lowest BCUT2D eigenvalue weighted by molar-refractivity contribution is -0.147. The Kier molecular flexibility index (Phi) is 22.1. The van der Waals surface area contributed by atoms with Crippen molar-refractivity contribution in [2.45, 2.75) is 19.0 Å². The topological polar surface area (TPSA) is 427 Å². The molecule has 101 heavy (non-hydrogen) atoms. The Labute approximate surface area is 579 Å². The number of carbonyl (C=O) groups excluding carboxylic acids is 2. The molecule has 516 valence electrons. The molecule has 0 saturated carbocycles. The molecule has 3 aromatic heterocycles. The highest BCUT2D eigenvalue weighted by Gasteiger charge is 2.32. The molecule has 5 heterocycles. The predicted molar refractivity (Wildman–Crippen MR) is 375 cm³/mol. The van der Waals surface area contributed by atoms with Gasteiger partial charge in [0.05, 0.1) is 72.2 Å². The van der Waals surface area contributed by atoms with Crippen LogP contribution in [0.5, 0.6) is 0 Å². The zero-order chi connectivity index (χ0) is 72.3. The molecule has 28 nitrogen and oxygen atoms in total. The molecule has 3 amide bonds. The standard InChI is InChI=1S/C72H64N10O18S/c1-39(34-79(35-58(83)84)36-59(85)86)80(37-60(87)88)32-33-81(38-61(89)90)66(71(98)99)44-18-20-49(21-19-44)74-72(100)82(101)31-30-73-67(91)45-10-2-40(3-11-45)62-50-22-24-52(75-50)63(41-4-12-46(13-5-41)68(92)93)54-26-28-56(77-54)65(43-8-16-48(17-9-43)70(96)97)57-29-27-55(78-57)64(53-25-23-51(62)76-53)42-6-14-47(15-7-42)69(94)95/h2-29,39,66,75,78,101H,30-38H2,1H3,(H,73,91)(H,74,100)(H,83,84)(H,85,86)(H,87,88)(H,89,90)(H,92,93)(H,94,95)(H,96,97)(H,98,99). The molecule has 0 saturated heterocycles. The molecular weight excluding hydrogens is 1320 g/mol. The zero-order valence-corrected chi connectivity index (χ0v) is 54.4. The van der Waals surface area contributed by atoms with E-state index in [1.165, 1.54) is 72.5 Å². The van der Waals surface area contributed by atoms with Gasteiger partial charge in [-0.3, -0.25) is 47.8 Å². The summed E-state index contributed by atoms with van der Waals surface area (Å²) in [5.74, 6) is -10.7. The monoisotopic (exact) mass is 1390 g/mol. The normalized spacial score (nSPS) is 12.2. The first-order valence-electron chi connectivity index (χ1n) is 31.0. The lowest BCUT2D eigenvalue weighted by atomic mass is 10.0. The molecule has 2 aliphatic rings. The van der Waals surface area contributed by atoms with Gasteiger partial charge in [-0.2, -0.15) is 0 Å². The highest BCUT2D eigenvalue weighted by Crippen LogP contribution is 2.39. The van der Waals surface area contributed by atoms with Gasteiger partial charge in [-0.15, -0.1) is 0 Å². The van der Waals surface area contributed by atoms with E-state index in [0.717, 1.165) is 14.1 Å². The fourth-order valence-electron chi connectivity index (χ4n) is 11.9. The van der Waals surface area contributed by atoms with Gasteiger partial charge in [-0.1, -0.05) is 73.5 Å². The Morgan fingerprint density at radius 1 is 0.436 bits per heavy atom. The third kappa shape index (κ3) is 17.2. The van der Waals surface area contributed by atoms with Crippen LogP contribution in [0.2, 0.25) is 0 Å². The van der Waals surface area contributed by atoms with E-state index in [2.05, 4.69) is 33.4 Å². The maximum absolute atomic E-state index is 13.8. The van der Waals surface area contributed by atoms with E-state index in [1.54, 1.807) is 60.7 Å². The number of urea groups is 1. The van der Waals surface area contributed by atoms with Crippen molar-refractivity contribution < 1.29 is 88.8 Å². The quantitative estimate of drug-likeness (QED) is 0.0194. The second kappa shape index (κ2) is 31.3. The maximum Gasteiger partial charge on any atom is 0.335 e. The number of nitrogens with one attached hydrogen (secondary N) is 4. The van der Waals surface area contributed by atoms with Gasteiger partial charge in [0.25, 0.3) is 5.91 Å². The summed E-state index contributed by atoms with van der Waals surface area (Å²) in [4.78, 5) is 144. The summed E-state index contributed by atoms with van der Waals surface area (Å²) >= 11 is 4.33. The Morgan fingerprint density at radius 2 is 0.782 bits per heavy atom. The number of anilines is 1. The summed E-state index contributed by atoms with van der Waals surface area (Å²) < 4.78 is 0.987. The minimum absolute atomic E-state index is 0.0611. The van der Waals surface area contributed by atoms with Crippen LogP contribution in [-0.4, -0.2) is 204 Å². The average Bonchev–Trinajstić information content (AvgIpc) is 1.63. The molecule has 2 atom stereocenters. The van der Waals surface area contributed by atoms with Gasteiger partial charge in [-0.05, 0) is 144 Å². The number of rotatable bonds is 29. The number of aromatic nitrogens is 4. The third-order valence-corrected chi connectivity index (χ3v) is 17.0. The number of benzene rings is 5. The van der Waals surface area contributed by atoms with Crippen LogP contribution >= 0.6 is 12.8 Å². The van der Waals surface area contributed by atoms with Crippen LogP contribution in [0.15, 0.2) is 146 Å². The number of hydrogen-bond acceptors (Lipinski definition) is 16. The Hall–Kier alpha value is -12.6. The van der Waals surface area contributed by atoms with Crippen molar-refractivity contribution in [3.8, 4) is 44.5 Å². The van der Waals surface area contributed by atoms with Crippen molar-refractivity contribution in [3.05, 3.63) is 196 Å². The van der Waals surface area contributed by atoms with E-state index in [0.29, 0.717) is 89.4 Å². The number of thiol groups is 1. The van der Waals surface area contributed by atoms with Crippen LogP contribution in [0.3, 0.4) is 0 Å². The Balaban J connectivity index is 0.907. The lowest BCUT2D eigenvalue weighted by Gasteiger charge is -2.34. The molecule has 8 bridgehead atoms. The second-order valence-corrected chi connectivity index (χ2v) is 23.9. The van der Waals surface area contributed by atoms with Crippen LogP contribution < -0.4 is 10.6 Å². The zero-order valence-electron chi connectivity index (χ0n) is 53.5. The lowest BCUT2D eigenvalue weighted by Crippen LogP contribution is -2.50. The molecule has 2 unspecified atom stereocenters. The summed E-state index contributed by atoms with van der Waals surface area (Å²) in [7, 11) is 0. The molecule has 2 aliphatic heterocycles. The first-order valence-corrected chi connectivity index (χ1v) is 31.4. The molecule has 0 radical (unpaired) electrons. The largest absolute Gasteiger partial charge is 0.480 e. The highest BCUT2D eigenvalue weighted by atomic mass is 32.1. The maximum atomic E-state index is 13.8. The van der Waals surface area contributed by atoms with E-state index >= 15 is 0 Å². The Bertz CT molecular complexity index is 4750. The molecule has 0 fully saturated rings. The van der Waals surface area contributed by atoms with Crippen LogP contribution in [-0.2, 0) is 24.0 Å². The van der Waals surface area contributed by atoms with Gasteiger partial charge in [0, 0.05) is 87.8 Å². The van der Waals surface area contributed by atoms with Crippen LogP contribution in [0, 0.1) is 0 Å². The molecule has 12 N–H and O–H groups in total. The second-order valence-electron chi connectivity index (χ2n) is 23.4. The van der Waals surface area contributed by atoms with Crippen molar-refractivity contribution in [2.24, 2.45) is 0 Å². The number of amides is 3. The van der Waals surface area contributed by atoms with E-state index in [4.69, 9.17) is 9.97 Å². The van der Waals surface area contributed by atoms with E-state index in [-0.39, 0.29) is 66.2 Å². The Morgan fingerprint density at radius 3 is 1.13 bits per heavy atom. The molecule has 10 rings (SSSR count). The van der Waals surface area contributed by atoms with Gasteiger partial charge in [0.2, 0.25) is 0 Å². The van der Waals surface area contributed by atoms with Gasteiger partial charge in [-0.25, -0.2) is 29.1 Å². The van der Waals surface area contributed by atoms with Gasteiger partial charge < -0.3 is 61.5 Å². The van der Waals surface area contributed by atoms with E-state index in [1.807, 2.05) is 48.6 Å². The van der Waals surface area contributed by atoms with Crippen molar-refractivity contribution in [2.75, 3.05) is 64.2 Å². The number of carboxylic acid groups (broad SMARTS) is 8. The summed E-state index contributed by atoms with van der Waals surface area (Å²) in [6, 6.07) is 35.5. The van der Waals surface area contributed by atoms with Crippen molar-refractivity contribution in [3.63, 3.8) is 0 Å². The van der Waals surface area contributed by atoms with Crippen molar-refractivity contribution in [1.29, 1.82) is 0 Å². The van der Waals surface area contributed by atoms with E-state index in [9.17, 15) is 88.8 Å². The third-order valence-electron chi connectivity index (χ3n) is 16.6. The van der Waals surface area contributed by atoms with Crippen molar-refractivity contribution in [1.82, 2.24) is 44.3 Å². The molecular formula is C72H64N10O18S. The molecule has 29 heteroatoms. The minimum Gasteiger partial charge on any atom is -0.480 e. The van der Waals surface area contributed by atoms with E-state index < -0.39 is 98.0 Å². The molecule has 0 aliphatic carbocycles. The number of aromatic amines is 2. The first kappa shape index (κ1) is 71.2. The van der Waals surface area contributed by atoms with Crippen molar-refractivity contribution >= 4 is 125 Å². The number of hydrogen-bond donors (Lipinski definition) is 13. The number of aliphatic carboxylic acids is 5. The molecule has 8 aromatic rings. The average molecular weight is 1390 g/mol. The summed E-state index contributed by atoms with van der Waals surface area (Å²) in [5, 5.41) is 83.5. The predicted octanol–water partition coefficient (Wildman–Crippen LogP) is 9.29. The minimum atomic E-state index is -1.60. The summed E-state index contributed by atoms with van der Waals surface area (Å²) in [5.41, 5.74) is 9.85. The number of carboxylic acids is 8. The smallest absolute Gasteiger partial charge is 0.335 e. The fraction of sp³-hybridized carbons (Fsp3) is 0.167. The number of nitrogens with zero attached hydrogens (tertiary/aromatic N) is 6. The molecule has 0 spiro atoms. The van der Waals surface area contributed by atoms with Gasteiger partial charge in [0.15, 0.2) is 0 Å². The number of aromatic carboxylic acids is 3. The fourth-order valence-corrected chi connectivity index (χ4v) is 12.0. The van der Waals surface area contributed by atoms with Gasteiger partial charge >= 0.3 is 53.8 Å². The van der Waals surface area contributed by atoms with Crippen LogP contribution in [0.1, 0.15) is 82.7 Å². The molecule has 5 aromatic carbocycles. The number of carbonyl (C=O) groups is 10. The number of fused-ring (bicyclic) bond motifs is 8. The summed E-state index contributed by atoms with van der Waals surface area (Å²) in [6.45, 7) is -2.21. The van der Waals surface area contributed by atoms with Crippen LogP contribution in [0.4, 0.5) is 10.5 Å². The highest BCUT2D eigenvalue weighted by molar-refractivity contribution is 7.78.